The van der Waals surface area contributed by atoms with E-state index in [1.54, 1.807) is 18.3 Å². The maximum absolute atomic E-state index is 11.7. The molecule has 0 bridgehead atoms. The number of aromatic nitrogens is 3. The summed E-state index contributed by atoms with van der Waals surface area (Å²) >= 11 is 0. The SMILES string of the molecule is CCCNC(=O)Nc1ccc2ncc(-c3ccccc3)nc2n1. The van der Waals surface area contributed by atoms with Gasteiger partial charge in [0.15, 0.2) is 5.65 Å². The highest BCUT2D eigenvalue weighted by molar-refractivity contribution is 5.89. The molecule has 0 unspecified atom stereocenters. The van der Waals surface area contributed by atoms with E-state index in [1.165, 1.54) is 0 Å². The van der Waals surface area contributed by atoms with Crippen LogP contribution >= 0.6 is 0 Å². The van der Waals surface area contributed by atoms with Crippen molar-refractivity contribution in [3.05, 3.63) is 48.7 Å². The van der Waals surface area contributed by atoms with Gasteiger partial charge in [-0.05, 0) is 18.6 Å². The number of nitrogens with zero attached hydrogens (tertiary/aromatic N) is 3. The molecule has 0 aliphatic heterocycles. The minimum Gasteiger partial charge on any atom is -0.338 e. The third-order valence-electron chi connectivity index (χ3n) is 3.25. The fourth-order valence-electron chi connectivity index (χ4n) is 2.11. The van der Waals surface area contributed by atoms with Crippen LogP contribution in [0.2, 0.25) is 0 Å². The van der Waals surface area contributed by atoms with E-state index in [-0.39, 0.29) is 6.03 Å². The smallest absolute Gasteiger partial charge is 0.320 e. The van der Waals surface area contributed by atoms with Gasteiger partial charge in [0.2, 0.25) is 0 Å². The standard InChI is InChI=1S/C17H17N5O/c1-2-10-18-17(23)22-15-9-8-13-16(21-15)20-14(11-19-13)12-6-4-3-5-7-12/h3-9,11H,2,10H2,1H3,(H2,18,20,21,22,23). The molecule has 0 saturated heterocycles. The van der Waals surface area contributed by atoms with Crippen molar-refractivity contribution < 1.29 is 4.79 Å². The molecule has 0 atom stereocenters. The normalized spacial score (nSPS) is 10.5. The van der Waals surface area contributed by atoms with Crippen LogP contribution in [-0.2, 0) is 0 Å². The van der Waals surface area contributed by atoms with Gasteiger partial charge < -0.3 is 5.32 Å². The van der Waals surface area contributed by atoms with Crippen molar-refractivity contribution in [2.75, 3.05) is 11.9 Å². The largest absolute Gasteiger partial charge is 0.338 e. The van der Waals surface area contributed by atoms with Gasteiger partial charge in [-0.25, -0.2) is 14.8 Å². The Morgan fingerprint density at radius 3 is 2.70 bits per heavy atom. The summed E-state index contributed by atoms with van der Waals surface area (Å²) < 4.78 is 0. The number of carbonyl (C=O) groups excluding carboxylic acids is 1. The number of carbonyl (C=O) groups is 1. The molecule has 2 amide bonds. The summed E-state index contributed by atoms with van der Waals surface area (Å²) in [5, 5.41) is 5.44. The van der Waals surface area contributed by atoms with Crippen molar-refractivity contribution in [3.63, 3.8) is 0 Å². The number of urea groups is 1. The lowest BCUT2D eigenvalue weighted by atomic mass is 10.2. The zero-order valence-electron chi connectivity index (χ0n) is 12.8. The second-order valence-corrected chi connectivity index (χ2v) is 5.04. The van der Waals surface area contributed by atoms with Crippen LogP contribution in [0.15, 0.2) is 48.7 Å². The highest BCUT2D eigenvalue weighted by Gasteiger charge is 2.06. The molecule has 116 valence electrons. The van der Waals surface area contributed by atoms with Crippen LogP contribution in [0.25, 0.3) is 22.4 Å². The Labute approximate surface area is 134 Å². The van der Waals surface area contributed by atoms with E-state index < -0.39 is 0 Å². The highest BCUT2D eigenvalue weighted by atomic mass is 16.2. The van der Waals surface area contributed by atoms with E-state index in [0.29, 0.717) is 23.5 Å². The summed E-state index contributed by atoms with van der Waals surface area (Å²) in [6.45, 7) is 2.62. The molecule has 0 radical (unpaired) electrons. The minimum atomic E-state index is -0.272. The molecule has 0 fully saturated rings. The molecule has 0 aliphatic carbocycles. The predicted octanol–water partition coefficient (Wildman–Crippen LogP) is 3.22. The Morgan fingerprint density at radius 1 is 1.09 bits per heavy atom. The number of rotatable bonds is 4. The number of nitrogens with one attached hydrogen (secondary N) is 2. The molecule has 0 saturated carbocycles. The van der Waals surface area contributed by atoms with Crippen LogP contribution in [0.3, 0.4) is 0 Å². The summed E-state index contributed by atoms with van der Waals surface area (Å²) in [5.74, 6) is 0.450. The van der Waals surface area contributed by atoms with Crippen molar-refractivity contribution in [2.24, 2.45) is 0 Å². The number of hydrogen-bond acceptors (Lipinski definition) is 4. The average Bonchev–Trinajstić information content (AvgIpc) is 2.60. The molecule has 2 heterocycles. The van der Waals surface area contributed by atoms with Crippen molar-refractivity contribution in [3.8, 4) is 11.3 Å². The van der Waals surface area contributed by atoms with Gasteiger partial charge >= 0.3 is 6.03 Å². The van der Waals surface area contributed by atoms with E-state index in [4.69, 9.17) is 0 Å². The first kappa shape index (κ1) is 14.9. The van der Waals surface area contributed by atoms with Crippen LogP contribution in [0.5, 0.6) is 0 Å². The molecule has 0 aliphatic rings. The topological polar surface area (TPSA) is 79.8 Å². The molecular formula is C17H17N5O. The Morgan fingerprint density at radius 2 is 1.91 bits per heavy atom. The minimum absolute atomic E-state index is 0.272. The van der Waals surface area contributed by atoms with Crippen molar-refractivity contribution in [1.29, 1.82) is 0 Å². The van der Waals surface area contributed by atoms with Gasteiger partial charge in [-0.3, -0.25) is 10.3 Å². The lowest BCUT2D eigenvalue weighted by Crippen LogP contribution is -2.29. The first-order valence-electron chi connectivity index (χ1n) is 7.50. The Hall–Kier alpha value is -3.02. The van der Waals surface area contributed by atoms with E-state index in [9.17, 15) is 4.79 Å². The number of amides is 2. The van der Waals surface area contributed by atoms with E-state index >= 15 is 0 Å². The maximum Gasteiger partial charge on any atom is 0.320 e. The number of hydrogen-bond donors (Lipinski definition) is 2. The average molecular weight is 307 g/mol. The van der Waals surface area contributed by atoms with Crippen molar-refractivity contribution in [2.45, 2.75) is 13.3 Å². The molecule has 3 rings (SSSR count). The summed E-state index contributed by atoms with van der Waals surface area (Å²) in [5.41, 5.74) is 2.91. The lowest BCUT2D eigenvalue weighted by Gasteiger charge is -2.07. The predicted molar refractivity (Wildman–Crippen MR) is 90.1 cm³/mol. The van der Waals surface area contributed by atoms with Crippen LogP contribution < -0.4 is 10.6 Å². The summed E-state index contributed by atoms with van der Waals surface area (Å²) in [6, 6.07) is 13.0. The summed E-state index contributed by atoms with van der Waals surface area (Å²) in [6.07, 6.45) is 2.60. The van der Waals surface area contributed by atoms with Gasteiger partial charge in [0.1, 0.15) is 11.3 Å². The third kappa shape index (κ3) is 3.60. The molecule has 2 N–H and O–H groups in total. The number of pyridine rings is 1. The maximum atomic E-state index is 11.7. The van der Waals surface area contributed by atoms with Crippen LogP contribution in [0.1, 0.15) is 13.3 Å². The van der Waals surface area contributed by atoms with E-state index in [0.717, 1.165) is 17.7 Å². The Kier molecular flexibility index (Phi) is 4.42. The van der Waals surface area contributed by atoms with Crippen molar-refractivity contribution >= 4 is 23.0 Å². The molecule has 6 heteroatoms. The Bertz CT molecular complexity index is 820. The highest BCUT2D eigenvalue weighted by Crippen LogP contribution is 2.18. The van der Waals surface area contributed by atoms with Gasteiger partial charge in [0.05, 0.1) is 11.9 Å². The Balaban J connectivity index is 1.87. The molecule has 6 nitrogen and oxygen atoms in total. The fraction of sp³-hybridized carbons (Fsp3) is 0.176. The molecule has 3 aromatic rings. The summed E-state index contributed by atoms with van der Waals surface area (Å²) in [7, 11) is 0. The molecule has 2 aromatic heterocycles. The zero-order chi connectivity index (χ0) is 16.1. The van der Waals surface area contributed by atoms with Gasteiger partial charge in [0.25, 0.3) is 0 Å². The number of fused-ring (bicyclic) bond motifs is 1. The van der Waals surface area contributed by atoms with Gasteiger partial charge in [-0.2, -0.15) is 0 Å². The van der Waals surface area contributed by atoms with Crippen LogP contribution in [0.4, 0.5) is 10.6 Å². The summed E-state index contributed by atoms with van der Waals surface area (Å²) in [4.78, 5) is 25.0. The molecule has 0 spiro atoms. The molecular weight excluding hydrogens is 290 g/mol. The van der Waals surface area contributed by atoms with Gasteiger partial charge in [-0.15, -0.1) is 0 Å². The molecule has 23 heavy (non-hydrogen) atoms. The second kappa shape index (κ2) is 6.83. The first-order valence-corrected chi connectivity index (χ1v) is 7.50. The fourth-order valence-corrected chi connectivity index (χ4v) is 2.11. The van der Waals surface area contributed by atoms with Crippen LogP contribution in [0, 0.1) is 0 Å². The lowest BCUT2D eigenvalue weighted by molar-refractivity contribution is 0.252. The van der Waals surface area contributed by atoms with Gasteiger partial charge in [0, 0.05) is 12.1 Å². The monoisotopic (exact) mass is 307 g/mol. The van der Waals surface area contributed by atoms with Crippen LogP contribution in [-0.4, -0.2) is 27.5 Å². The second-order valence-electron chi connectivity index (χ2n) is 5.04. The number of benzene rings is 1. The van der Waals surface area contributed by atoms with E-state index in [2.05, 4.69) is 25.6 Å². The van der Waals surface area contributed by atoms with Crippen molar-refractivity contribution in [1.82, 2.24) is 20.3 Å². The molecule has 1 aromatic carbocycles. The third-order valence-corrected chi connectivity index (χ3v) is 3.25. The first-order chi connectivity index (χ1) is 11.3. The van der Waals surface area contributed by atoms with E-state index in [1.807, 2.05) is 37.3 Å². The quantitative estimate of drug-likeness (QED) is 0.775. The zero-order valence-corrected chi connectivity index (χ0v) is 12.8. The van der Waals surface area contributed by atoms with Gasteiger partial charge in [-0.1, -0.05) is 37.3 Å². The number of anilines is 1.